The van der Waals surface area contributed by atoms with Crippen LogP contribution in [0.2, 0.25) is 0 Å². The first-order valence-electron chi connectivity index (χ1n) is 5.07. The molecule has 0 amide bonds. The normalized spacial score (nSPS) is 10.1. The van der Waals surface area contributed by atoms with Crippen LogP contribution in [0.15, 0.2) is 46.6 Å². The number of aromatic nitrogens is 2. The van der Waals surface area contributed by atoms with Gasteiger partial charge in [-0.1, -0.05) is 23.9 Å². The number of phenolic OH excluding ortho intramolecular Hbond substituents is 1. The highest BCUT2D eigenvalue weighted by molar-refractivity contribution is 7.99. The van der Waals surface area contributed by atoms with Crippen LogP contribution in [-0.2, 0) is 4.74 Å². The lowest BCUT2D eigenvalue weighted by Crippen LogP contribution is -2.05. The number of methoxy groups -OCH3 is 1. The molecule has 0 atom stereocenters. The lowest BCUT2D eigenvalue weighted by atomic mass is 10.3. The average Bonchev–Trinajstić information content (AvgIpc) is 2.41. The summed E-state index contributed by atoms with van der Waals surface area (Å²) in [7, 11) is 1.28. The summed E-state index contributed by atoms with van der Waals surface area (Å²) >= 11 is 1.22. The third-order valence-corrected chi connectivity index (χ3v) is 3.06. The fraction of sp³-hybridized carbons (Fsp3) is 0.0833. The van der Waals surface area contributed by atoms with Gasteiger partial charge in [-0.05, 0) is 12.1 Å². The van der Waals surface area contributed by atoms with E-state index in [1.165, 1.54) is 31.3 Å². The van der Waals surface area contributed by atoms with E-state index in [-0.39, 0.29) is 11.4 Å². The molecule has 2 rings (SSSR count). The van der Waals surface area contributed by atoms with Gasteiger partial charge in [0.05, 0.1) is 24.4 Å². The van der Waals surface area contributed by atoms with Gasteiger partial charge in [0, 0.05) is 0 Å². The molecule has 0 aliphatic carbocycles. The first-order valence-corrected chi connectivity index (χ1v) is 5.88. The molecule has 0 unspecified atom stereocenters. The van der Waals surface area contributed by atoms with Gasteiger partial charge in [0.2, 0.25) is 0 Å². The minimum Gasteiger partial charge on any atom is -0.507 e. The maximum Gasteiger partial charge on any atom is 0.358 e. The zero-order valence-corrected chi connectivity index (χ0v) is 10.3. The van der Waals surface area contributed by atoms with Crippen molar-refractivity contribution in [3.05, 3.63) is 42.4 Å². The van der Waals surface area contributed by atoms with E-state index < -0.39 is 5.97 Å². The number of carbonyl (C=O) groups excluding carboxylic acids is 1. The van der Waals surface area contributed by atoms with Crippen LogP contribution in [0.5, 0.6) is 5.75 Å². The first-order chi connectivity index (χ1) is 8.70. The van der Waals surface area contributed by atoms with Crippen molar-refractivity contribution in [1.82, 2.24) is 9.97 Å². The van der Waals surface area contributed by atoms with Crippen molar-refractivity contribution in [2.75, 3.05) is 7.11 Å². The minimum absolute atomic E-state index is 0.137. The van der Waals surface area contributed by atoms with Gasteiger partial charge in [0.1, 0.15) is 10.8 Å². The summed E-state index contributed by atoms with van der Waals surface area (Å²) in [6.07, 6.45) is 2.85. The predicted octanol–water partition coefficient (Wildman–Crippen LogP) is 2.12. The van der Waals surface area contributed by atoms with Gasteiger partial charge in [-0.25, -0.2) is 9.78 Å². The van der Waals surface area contributed by atoms with Crippen LogP contribution in [0.25, 0.3) is 0 Å². The van der Waals surface area contributed by atoms with Crippen LogP contribution in [0.3, 0.4) is 0 Å². The molecule has 0 saturated heterocycles. The molecule has 0 aliphatic heterocycles. The van der Waals surface area contributed by atoms with Crippen LogP contribution in [0.4, 0.5) is 0 Å². The van der Waals surface area contributed by atoms with E-state index in [0.29, 0.717) is 9.92 Å². The quantitative estimate of drug-likeness (QED) is 0.854. The standard InChI is InChI=1S/C12H10N2O3S/c1-17-12(16)8-6-13-7-11(14-8)18-10-5-3-2-4-9(10)15/h2-7,15H,1H3. The molecule has 6 heteroatoms. The Balaban J connectivity index is 2.25. The summed E-state index contributed by atoms with van der Waals surface area (Å²) in [5.74, 6) is -0.380. The fourth-order valence-electron chi connectivity index (χ4n) is 1.26. The molecule has 1 aromatic carbocycles. The van der Waals surface area contributed by atoms with Gasteiger partial charge < -0.3 is 9.84 Å². The molecule has 5 nitrogen and oxygen atoms in total. The number of phenols is 1. The van der Waals surface area contributed by atoms with Crippen molar-refractivity contribution in [1.29, 1.82) is 0 Å². The number of aromatic hydroxyl groups is 1. The maximum absolute atomic E-state index is 11.3. The highest BCUT2D eigenvalue weighted by Gasteiger charge is 2.10. The smallest absolute Gasteiger partial charge is 0.358 e. The van der Waals surface area contributed by atoms with E-state index in [4.69, 9.17) is 0 Å². The molecule has 18 heavy (non-hydrogen) atoms. The molecule has 0 spiro atoms. The summed E-state index contributed by atoms with van der Waals surface area (Å²) in [6.45, 7) is 0. The van der Waals surface area contributed by atoms with Gasteiger partial charge in [-0.2, -0.15) is 0 Å². The number of esters is 1. The number of rotatable bonds is 3. The highest BCUT2D eigenvalue weighted by Crippen LogP contribution is 2.32. The maximum atomic E-state index is 11.3. The number of benzene rings is 1. The lowest BCUT2D eigenvalue weighted by Gasteiger charge is -2.04. The Kier molecular flexibility index (Phi) is 3.78. The first kappa shape index (κ1) is 12.4. The summed E-state index contributed by atoms with van der Waals surface area (Å²) in [5.41, 5.74) is 0.137. The number of para-hydroxylation sites is 1. The van der Waals surface area contributed by atoms with E-state index in [9.17, 15) is 9.90 Å². The Morgan fingerprint density at radius 1 is 1.33 bits per heavy atom. The minimum atomic E-state index is -0.540. The summed E-state index contributed by atoms with van der Waals surface area (Å²) in [6, 6.07) is 6.88. The van der Waals surface area contributed by atoms with E-state index in [2.05, 4.69) is 14.7 Å². The number of ether oxygens (including phenoxy) is 1. The van der Waals surface area contributed by atoms with E-state index in [1.54, 1.807) is 24.3 Å². The van der Waals surface area contributed by atoms with Gasteiger partial charge in [-0.15, -0.1) is 0 Å². The molecule has 1 N–H and O–H groups in total. The predicted molar refractivity (Wildman–Crippen MR) is 65.6 cm³/mol. The summed E-state index contributed by atoms with van der Waals surface area (Å²) < 4.78 is 4.57. The molecule has 1 heterocycles. The largest absolute Gasteiger partial charge is 0.507 e. The van der Waals surface area contributed by atoms with Crippen molar-refractivity contribution >= 4 is 17.7 Å². The average molecular weight is 262 g/mol. The second-order valence-corrected chi connectivity index (χ2v) is 4.37. The van der Waals surface area contributed by atoms with Gasteiger partial charge in [0.15, 0.2) is 5.69 Å². The lowest BCUT2D eigenvalue weighted by molar-refractivity contribution is 0.0592. The zero-order valence-electron chi connectivity index (χ0n) is 9.53. The third kappa shape index (κ3) is 2.78. The second kappa shape index (κ2) is 5.50. The zero-order chi connectivity index (χ0) is 13.0. The molecule has 0 fully saturated rings. The molecule has 0 aliphatic rings. The molecule has 0 radical (unpaired) electrons. The number of hydrogen-bond donors (Lipinski definition) is 1. The third-order valence-electron chi connectivity index (χ3n) is 2.09. The summed E-state index contributed by atoms with van der Waals surface area (Å²) in [4.78, 5) is 20.0. The van der Waals surface area contributed by atoms with Crippen molar-refractivity contribution < 1.29 is 14.6 Å². The van der Waals surface area contributed by atoms with Gasteiger partial charge in [0.25, 0.3) is 0 Å². The molecule has 0 bridgehead atoms. The molecule has 2 aromatic rings. The fourth-order valence-corrected chi connectivity index (χ4v) is 2.06. The Labute approximate surface area is 108 Å². The van der Waals surface area contributed by atoms with Crippen LogP contribution < -0.4 is 0 Å². The van der Waals surface area contributed by atoms with Crippen LogP contribution in [0, 0.1) is 0 Å². The van der Waals surface area contributed by atoms with Gasteiger partial charge in [-0.3, -0.25) is 4.98 Å². The Morgan fingerprint density at radius 2 is 2.11 bits per heavy atom. The Bertz CT molecular complexity index is 575. The summed E-state index contributed by atoms with van der Waals surface area (Å²) in [5, 5.41) is 10.1. The molecule has 0 saturated carbocycles. The molecular formula is C12H10N2O3S. The SMILES string of the molecule is COC(=O)c1cncc(Sc2ccccc2O)n1. The monoisotopic (exact) mass is 262 g/mol. The van der Waals surface area contributed by atoms with E-state index in [0.717, 1.165) is 0 Å². The van der Waals surface area contributed by atoms with Crippen molar-refractivity contribution in [2.24, 2.45) is 0 Å². The van der Waals surface area contributed by atoms with Crippen LogP contribution in [0.1, 0.15) is 10.5 Å². The van der Waals surface area contributed by atoms with Crippen molar-refractivity contribution in [3.8, 4) is 5.75 Å². The molecular weight excluding hydrogens is 252 g/mol. The molecule has 1 aromatic heterocycles. The number of hydrogen-bond acceptors (Lipinski definition) is 6. The van der Waals surface area contributed by atoms with Crippen LogP contribution >= 0.6 is 11.8 Å². The highest BCUT2D eigenvalue weighted by atomic mass is 32.2. The topological polar surface area (TPSA) is 72.3 Å². The van der Waals surface area contributed by atoms with Crippen LogP contribution in [-0.4, -0.2) is 28.2 Å². The Hall–Kier alpha value is -2.08. The number of nitrogens with zero attached hydrogens (tertiary/aromatic N) is 2. The Morgan fingerprint density at radius 3 is 2.83 bits per heavy atom. The number of carbonyl (C=O) groups is 1. The molecule has 92 valence electrons. The van der Waals surface area contributed by atoms with Crippen molar-refractivity contribution in [2.45, 2.75) is 9.92 Å². The van der Waals surface area contributed by atoms with Crippen molar-refractivity contribution in [3.63, 3.8) is 0 Å². The van der Waals surface area contributed by atoms with Gasteiger partial charge >= 0.3 is 5.97 Å². The van der Waals surface area contributed by atoms with E-state index in [1.807, 2.05) is 0 Å². The second-order valence-electron chi connectivity index (χ2n) is 3.30. The van der Waals surface area contributed by atoms with E-state index >= 15 is 0 Å².